The summed E-state index contributed by atoms with van der Waals surface area (Å²) in [6.07, 6.45) is -0.711. The van der Waals surface area contributed by atoms with Crippen LogP contribution in [0.15, 0.2) is 82.6 Å². The van der Waals surface area contributed by atoms with E-state index in [4.69, 9.17) is 16.7 Å². The number of nitrogens with one attached hydrogen (secondary N) is 1. The molecule has 0 saturated carbocycles. The molecule has 1 atom stereocenters. The summed E-state index contributed by atoms with van der Waals surface area (Å²) in [5.74, 6) is -1.11. The van der Waals surface area contributed by atoms with Crippen LogP contribution in [0.25, 0.3) is 0 Å². The molecule has 0 amide bonds. The second-order valence-electron chi connectivity index (χ2n) is 6.68. The number of halogens is 1. The van der Waals surface area contributed by atoms with Crippen molar-refractivity contribution in [1.29, 1.82) is 0 Å². The van der Waals surface area contributed by atoms with Crippen molar-refractivity contribution >= 4 is 27.4 Å². The highest BCUT2D eigenvalue weighted by Gasteiger charge is 2.18. The SMILES string of the molecule is O=C(O)c1ccc(S(=O)(=O)c2ccc(CNC[C@@H](O)c3cccc(Cl)c3)cc2)cc1. The summed E-state index contributed by atoms with van der Waals surface area (Å²) in [5.41, 5.74) is 1.59. The van der Waals surface area contributed by atoms with Crippen molar-refractivity contribution in [2.24, 2.45) is 0 Å². The lowest BCUT2D eigenvalue weighted by molar-refractivity contribution is 0.0696. The van der Waals surface area contributed by atoms with E-state index in [1.165, 1.54) is 36.4 Å². The van der Waals surface area contributed by atoms with Crippen LogP contribution in [0.2, 0.25) is 5.02 Å². The molecule has 3 N–H and O–H groups in total. The number of hydrogen-bond acceptors (Lipinski definition) is 5. The quantitative estimate of drug-likeness (QED) is 0.488. The number of rotatable bonds is 8. The van der Waals surface area contributed by atoms with E-state index >= 15 is 0 Å². The van der Waals surface area contributed by atoms with Crippen molar-refractivity contribution < 1.29 is 23.4 Å². The average molecular weight is 446 g/mol. The number of aliphatic hydroxyl groups is 1. The summed E-state index contributed by atoms with van der Waals surface area (Å²) in [6.45, 7) is 0.765. The van der Waals surface area contributed by atoms with Crippen LogP contribution in [0.4, 0.5) is 0 Å². The van der Waals surface area contributed by atoms with Crippen molar-refractivity contribution in [2.75, 3.05) is 6.54 Å². The Hall–Kier alpha value is -2.71. The van der Waals surface area contributed by atoms with Crippen LogP contribution >= 0.6 is 11.6 Å². The molecule has 6 nitrogen and oxygen atoms in total. The number of carboxylic acid groups (broad SMARTS) is 1. The minimum Gasteiger partial charge on any atom is -0.478 e. The third kappa shape index (κ3) is 5.25. The fourth-order valence-electron chi connectivity index (χ4n) is 2.88. The minimum absolute atomic E-state index is 0.0235. The van der Waals surface area contributed by atoms with Gasteiger partial charge in [-0.3, -0.25) is 0 Å². The first-order valence-corrected chi connectivity index (χ1v) is 10.9. The maximum Gasteiger partial charge on any atom is 0.335 e. The van der Waals surface area contributed by atoms with E-state index < -0.39 is 21.9 Å². The molecule has 0 aliphatic carbocycles. The van der Waals surface area contributed by atoms with E-state index in [0.29, 0.717) is 23.7 Å². The summed E-state index contributed by atoms with van der Waals surface area (Å²) in [5, 5.41) is 22.8. The third-order valence-electron chi connectivity index (χ3n) is 4.55. The van der Waals surface area contributed by atoms with Gasteiger partial charge in [-0.25, -0.2) is 13.2 Å². The molecule has 0 unspecified atom stereocenters. The van der Waals surface area contributed by atoms with E-state index in [1.54, 1.807) is 36.4 Å². The Morgan fingerprint density at radius 3 is 2.13 bits per heavy atom. The summed E-state index contributed by atoms with van der Waals surface area (Å²) < 4.78 is 25.4. The molecule has 156 valence electrons. The highest BCUT2D eigenvalue weighted by Crippen LogP contribution is 2.22. The number of aromatic carboxylic acids is 1. The highest BCUT2D eigenvalue weighted by molar-refractivity contribution is 7.91. The Morgan fingerprint density at radius 2 is 1.57 bits per heavy atom. The van der Waals surface area contributed by atoms with Gasteiger partial charge in [0.15, 0.2) is 0 Å². The Labute approximate surface area is 179 Å². The lowest BCUT2D eigenvalue weighted by Crippen LogP contribution is -2.21. The lowest BCUT2D eigenvalue weighted by Gasteiger charge is -2.13. The zero-order valence-corrected chi connectivity index (χ0v) is 17.4. The van der Waals surface area contributed by atoms with Gasteiger partial charge in [0.1, 0.15) is 0 Å². The van der Waals surface area contributed by atoms with Crippen LogP contribution in [0.3, 0.4) is 0 Å². The second kappa shape index (κ2) is 9.40. The molecule has 0 spiro atoms. The zero-order chi connectivity index (χ0) is 21.7. The topological polar surface area (TPSA) is 104 Å². The summed E-state index contributed by atoms with van der Waals surface area (Å²) >= 11 is 5.93. The Bertz CT molecular complexity index is 1130. The van der Waals surface area contributed by atoms with Crippen molar-refractivity contribution in [3.63, 3.8) is 0 Å². The van der Waals surface area contributed by atoms with Crippen LogP contribution in [-0.4, -0.2) is 31.1 Å². The molecule has 0 fully saturated rings. The van der Waals surface area contributed by atoms with Crippen molar-refractivity contribution in [3.8, 4) is 0 Å². The largest absolute Gasteiger partial charge is 0.478 e. The summed E-state index contributed by atoms with van der Waals surface area (Å²) in [7, 11) is -3.74. The van der Waals surface area contributed by atoms with Gasteiger partial charge in [0.25, 0.3) is 0 Å². The first kappa shape index (κ1) is 22.0. The molecular weight excluding hydrogens is 426 g/mol. The van der Waals surface area contributed by atoms with Gasteiger partial charge in [-0.15, -0.1) is 0 Å². The Morgan fingerprint density at radius 1 is 0.967 bits per heavy atom. The predicted molar refractivity (Wildman–Crippen MR) is 113 cm³/mol. The number of hydrogen-bond donors (Lipinski definition) is 3. The van der Waals surface area contributed by atoms with Gasteiger partial charge < -0.3 is 15.5 Å². The van der Waals surface area contributed by atoms with Crippen molar-refractivity contribution in [3.05, 3.63) is 94.5 Å². The molecule has 8 heteroatoms. The fraction of sp³-hybridized carbons (Fsp3) is 0.136. The molecule has 0 aliphatic heterocycles. The van der Waals surface area contributed by atoms with Crippen LogP contribution in [0.1, 0.15) is 27.6 Å². The molecule has 0 bridgehead atoms. The zero-order valence-electron chi connectivity index (χ0n) is 15.8. The first-order chi connectivity index (χ1) is 14.3. The van der Waals surface area contributed by atoms with Gasteiger partial charge >= 0.3 is 5.97 Å². The standard InChI is InChI=1S/C22H20ClNO5S/c23-18-3-1-2-17(12-18)21(25)14-24-13-15-4-8-19(9-5-15)30(28,29)20-10-6-16(7-11-20)22(26)27/h1-12,21,24-25H,13-14H2,(H,26,27)/t21-/m1/s1. The molecule has 0 radical (unpaired) electrons. The van der Waals surface area contributed by atoms with Gasteiger partial charge in [0.05, 0.1) is 21.5 Å². The van der Waals surface area contributed by atoms with Gasteiger partial charge in [0, 0.05) is 18.1 Å². The second-order valence-corrected chi connectivity index (χ2v) is 9.06. The lowest BCUT2D eigenvalue weighted by atomic mass is 10.1. The predicted octanol–water partition coefficient (Wildman–Crippen LogP) is 3.69. The fourth-order valence-corrected chi connectivity index (χ4v) is 4.34. The molecule has 3 aromatic rings. The molecule has 0 heterocycles. The first-order valence-electron chi connectivity index (χ1n) is 9.09. The van der Waals surface area contributed by atoms with E-state index in [9.17, 15) is 18.3 Å². The summed E-state index contributed by atoms with van der Waals surface area (Å²) in [4.78, 5) is 11.1. The maximum absolute atomic E-state index is 12.7. The molecule has 30 heavy (non-hydrogen) atoms. The van der Waals surface area contributed by atoms with Gasteiger partial charge in [-0.05, 0) is 59.7 Å². The van der Waals surface area contributed by atoms with Crippen LogP contribution in [0, 0.1) is 0 Å². The van der Waals surface area contributed by atoms with E-state index in [1.807, 2.05) is 0 Å². The molecular formula is C22H20ClNO5S. The van der Waals surface area contributed by atoms with Crippen LogP contribution in [0.5, 0.6) is 0 Å². The Kier molecular flexibility index (Phi) is 6.89. The van der Waals surface area contributed by atoms with Gasteiger partial charge in [-0.1, -0.05) is 35.9 Å². The molecule has 3 aromatic carbocycles. The molecule has 0 aromatic heterocycles. The number of aliphatic hydroxyl groups excluding tert-OH is 1. The van der Waals surface area contributed by atoms with E-state index in [-0.39, 0.29) is 15.4 Å². The minimum atomic E-state index is -3.74. The van der Waals surface area contributed by atoms with Crippen LogP contribution < -0.4 is 5.32 Å². The smallest absolute Gasteiger partial charge is 0.335 e. The molecule has 3 rings (SSSR count). The van der Waals surface area contributed by atoms with Crippen molar-refractivity contribution in [2.45, 2.75) is 22.4 Å². The third-order valence-corrected chi connectivity index (χ3v) is 6.57. The summed E-state index contributed by atoms with van der Waals surface area (Å²) in [6, 6.07) is 18.5. The number of benzene rings is 3. The van der Waals surface area contributed by atoms with E-state index in [0.717, 1.165) is 5.56 Å². The van der Waals surface area contributed by atoms with Gasteiger partial charge in [-0.2, -0.15) is 0 Å². The van der Waals surface area contributed by atoms with Crippen LogP contribution in [-0.2, 0) is 16.4 Å². The number of carboxylic acids is 1. The number of sulfone groups is 1. The molecule has 0 aliphatic rings. The average Bonchev–Trinajstić information content (AvgIpc) is 2.74. The van der Waals surface area contributed by atoms with E-state index in [2.05, 4.69) is 5.32 Å². The molecule has 0 saturated heterocycles. The van der Waals surface area contributed by atoms with Crippen molar-refractivity contribution in [1.82, 2.24) is 5.32 Å². The van der Waals surface area contributed by atoms with Gasteiger partial charge in [0.2, 0.25) is 9.84 Å². The highest BCUT2D eigenvalue weighted by atomic mass is 35.5. The monoisotopic (exact) mass is 445 g/mol. The number of carbonyl (C=O) groups is 1. The normalized spacial score (nSPS) is 12.5. The maximum atomic E-state index is 12.7. The Balaban J connectivity index is 1.62.